The molecule has 0 spiro atoms. The molecule has 0 atom stereocenters. The zero-order chi connectivity index (χ0) is 11.8. The molecule has 1 radical (unpaired) electrons. The standard InChI is InChI=1S/C13H17N2O/c1-2-3-12(14)8-9-15-13-6-4-11(10-16)5-7-13/h4-7,14-15H,2-3,8-9H2,1H3. The first-order valence-electron chi connectivity index (χ1n) is 5.54. The number of benzene rings is 1. The highest BCUT2D eigenvalue weighted by molar-refractivity contribution is 5.81. The summed E-state index contributed by atoms with van der Waals surface area (Å²) >= 11 is 0. The van der Waals surface area contributed by atoms with Gasteiger partial charge >= 0.3 is 0 Å². The normalized spacial score (nSPS) is 9.81. The first kappa shape index (κ1) is 12.4. The molecule has 16 heavy (non-hydrogen) atoms. The van der Waals surface area contributed by atoms with Crippen molar-refractivity contribution in [2.75, 3.05) is 11.9 Å². The monoisotopic (exact) mass is 217 g/mol. The molecule has 0 aromatic heterocycles. The number of carbonyl (C=O) groups excluding carboxylic acids is 1. The molecule has 0 saturated carbocycles. The summed E-state index contributed by atoms with van der Waals surface area (Å²) in [7, 11) is 0. The number of hydrogen-bond acceptors (Lipinski definition) is 3. The Labute approximate surface area is 96.4 Å². The van der Waals surface area contributed by atoms with E-state index < -0.39 is 0 Å². The Bertz CT molecular complexity index is 343. The topological polar surface area (TPSA) is 53.0 Å². The molecular weight excluding hydrogens is 200 g/mol. The average molecular weight is 217 g/mol. The third-order valence-electron chi connectivity index (χ3n) is 2.31. The lowest BCUT2D eigenvalue weighted by molar-refractivity contribution is 0.563. The van der Waals surface area contributed by atoms with Crippen LogP contribution >= 0.6 is 0 Å². The molecule has 0 aliphatic carbocycles. The maximum atomic E-state index is 10.3. The second-order valence-corrected chi connectivity index (χ2v) is 3.71. The Balaban J connectivity index is 2.31. The van der Waals surface area contributed by atoms with Crippen molar-refractivity contribution in [3.05, 3.63) is 29.8 Å². The van der Waals surface area contributed by atoms with Crippen LogP contribution in [-0.4, -0.2) is 18.5 Å². The molecule has 85 valence electrons. The van der Waals surface area contributed by atoms with Gasteiger partial charge in [0.05, 0.1) is 0 Å². The van der Waals surface area contributed by atoms with E-state index in [4.69, 9.17) is 5.41 Å². The van der Waals surface area contributed by atoms with Gasteiger partial charge < -0.3 is 10.7 Å². The summed E-state index contributed by atoms with van der Waals surface area (Å²) in [6.07, 6.45) is 4.51. The Hall–Kier alpha value is -1.64. The molecule has 3 heteroatoms. The zero-order valence-electron chi connectivity index (χ0n) is 9.55. The van der Waals surface area contributed by atoms with Gasteiger partial charge in [0.2, 0.25) is 6.29 Å². The van der Waals surface area contributed by atoms with Gasteiger partial charge in [0.25, 0.3) is 0 Å². The lowest BCUT2D eigenvalue weighted by Crippen LogP contribution is -2.07. The van der Waals surface area contributed by atoms with E-state index in [-0.39, 0.29) is 0 Å². The summed E-state index contributed by atoms with van der Waals surface area (Å²) in [6, 6.07) is 7.16. The fraction of sp³-hybridized carbons (Fsp3) is 0.385. The number of rotatable bonds is 7. The minimum Gasteiger partial charge on any atom is -0.385 e. The van der Waals surface area contributed by atoms with Crippen LogP contribution in [0.1, 0.15) is 31.7 Å². The molecule has 3 nitrogen and oxygen atoms in total. The van der Waals surface area contributed by atoms with Gasteiger partial charge in [-0.25, -0.2) is 0 Å². The van der Waals surface area contributed by atoms with Gasteiger partial charge in [0, 0.05) is 29.9 Å². The molecule has 0 aliphatic rings. The molecule has 0 aliphatic heterocycles. The van der Waals surface area contributed by atoms with Crippen molar-refractivity contribution in [1.82, 2.24) is 0 Å². The Morgan fingerprint density at radius 1 is 1.31 bits per heavy atom. The molecule has 0 fully saturated rings. The summed E-state index contributed by atoms with van der Waals surface area (Å²) in [5.74, 6) is 0. The molecule has 1 rings (SSSR count). The first-order chi connectivity index (χ1) is 7.76. The highest BCUT2D eigenvalue weighted by Crippen LogP contribution is 2.08. The first-order valence-corrected chi connectivity index (χ1v) is 5.54. The quantitative estimate of drug-likeness (QED) is 0.690. The molecule has 2 N–H and O–H groups in total. The third kappa shape index (κ3) is 4.26. The van der Waals surface area contributed by atoms with Crippen LogP contribution < -0.4 is 5.32 Å². The van der Waals surface area contributed by atoms with E-state index in [2.05, 4.69) is 12.2 Å². The Kier molecular flexibility index (Phi) is 5.26. The van der Waals surface area contributed by atoms with Gasteiger partial charge in [0.1, 0.15) is 0 Å². The van der Waals surface area contributed by atoms with E-state index in [0.717, 1.165) is 37.2 Å². The predicted octanol–water partition coefficient (Wildman–Crippen LogP) is 2.77. The minimum atomic E-state index is 0.560. The summed E-state index contributed by atoms with van der Waals surface area (Å²) in [5.41, 5.74) is 2.32. The van der Waals surface area contributed by atoms with Crippen LogP contribution in [-0.2, 0) is 4.79 Å². The van der Waals surface area contributed by atoms with Crippen molar-refractivity contribution in [2.45, 2.75) is 26.2 Å². The Morgan fingerprint density at radius 2 is 2.00 bits per heavy atom. The maximum Gasteiger partial charge on any atom is 0.233 e. The van der Waals surface area contributed by atoms with Crippen molar-refractivity contribution in [3.63, 3.8) is 0 Å². The second-order valence-electron chi connectivity index (χ2n) is 3.71. The van der Waals surface area contributed by atoms with Crippen LogP contribution in [0.3, 0.4) is 0 Å². The zero-order valence-corrected chi connectivity index (χ0v) is 9.55. The van der Waals surface area contributed by atoms with Crippen molar-refractivity contribution >= 4 is 17.7 Å². The van der Waals surface area contributed by atoms with Crippen LogP contribution in [0.25, 0.3) is 0 Å². The van der Waals surface area contributed by atoms with Gasteiger partial charge in [-0.1, -0.05) is 13.3 Å². The fourth-order valence-electron chi connectivity index (χ4n) is 1.44. The van der Waals surface area contributed by atoms with Crippen LogP contribution in [0.2, 0.25) is 0 Å². The van der Waals surface area contributed by atoms with E-state index in [1.807, 2.05) is 18.4 Å². The van der Waals surface area contributed by atoms with Crippen LogP contribution in [0.5, 0.6) is 0 Å². The number of nitrogens with one attached hydrogen (secondary N) is 2. The molecule has 0 saturated heterocycles. The van der Waals surface area contributed by atoms with E-state index in [9.17, 15) is 4.79 Å². The summed E-state index contributed by atoms with van der Waals surface area (Å²) in [6.45, 7) is 2.85. The Morgan fingerprint density at radius 3 is 2.56 bits per heavy atom. The average Bonchev–Trinajstić information content (AvgIpc) is 2.30. The molecule has 0 unspecified atom stereocenters. The largest absolute Gasteiger partial charge is 0.385 e. The van der Waals surface area contributed by atoms with Gasteiger partial charge in [0.15, 0.2) is 0 Å². The van der Waals surface area contributed by atoms with Crippen molar-refractivity contribution in [3.8, 4) is 0 Å². The van der Waals surface area contributed by atoms with Crippen molar-refractivity contribution in [2.24, 2.45) is 0 Å². The lowest BCUT2D eigenvalue weighted by atomic mass is 10.1. The van der Waals surface area contributed by atoms with E-state index in [0.29, 0.717) is 5.56 Å². The second kappa shape index (κ2) is 6.77. The SMILES string of the molecule is CCCC(=N)CCNc1ccc([C]=O)cc1. The van der Waals surface area contributed by atoms with Crippen LogP contribution in [0, 0.1) is 5.41 Å². The van der Waals surface area contributed by atoms with E-state index >= 15 is 0 Å². The van der Waals surface area contributed by atoms with Gasteiger partial charge in [-0.3, -0.25) is 4.79 Å². The molecular formula is C13H17N2O. The van der Waals surface area contributed by atoms with Crippen LogP contribution in [0.4, 0.5) is 5.69 Å². The third-order valence-corrected chi connectivity index (χ3v) is 2.31. The van der Waals surface area contributed by atoms with Crippen LogP contribution in [0.15, 0.2) is 24.3 Å². The molecule has 0 heterocycles. The maximum absolute atomic E-state index is 10.3. The lowest BCUT2D eigenvalue weighted by Gasteiger charge is -2.06. The summed E-state index contributed by atoms with van der Waals surface area (Å²) in [5, 5.41) is 10.8. The fourth-order valence-corrected chi connectivity index (χ4v) is 1.44. The smallest absolute Gasteiger partial charge is 0.233 e. The molecule has 0 amide bonds. The van der Waals surface area contributed by atoms with E-state index in [1.165, 1.54) is 0 Å². The number of anilines is 1. The van der Waals surface area contributed by atoms with Gasteiger partial charge in [-0.05, 0) is 30.7 Å². The summed E-state index contributed by atoms with van der Waals surface area (Å²) in [4.78, 5) is 10.3. The highest BCUT2D eigenvalue weighted by Gasteiger charge is 1.96. The van der Waals surface area contributed by atoms with Gasteiger partial charge in [-0.2, -0.15) is 0 Å². The summed E-state index contributed by atoms with van der Waals surface area (Å²) < 4.78 is 0. The molecule has 1 aromatic rings. The molecule has 1 aromatic carbocycles. The minimum absolute atomic E-state index is 0.560. The highest BCUT2D eigenvalue weighted by atomic mass is 16.1. The predicted molar refractivity (Wildman–Crippen MR) is 67.0 cm³/mol. The van der Waals surface area contributed by atoms with E-state index in [1.54, 1.807) is 12.1 Å². The van der Waals surface area contributed by atoms with Gasteiger partial charge in [-0.15, -0.1) is 0 Å². The molecule has 0 bridgehead atoms. The van der Waals surface area contributed by atoms with Crippen molar-refractivity contribution in [1.29, 1.82) is 5.41 Å². The van der Waals surface area contributed by atoms with Crippen molar-refractivity contribution < 1.29 is 4.79 Å². The number of hydrogen-bond donors (Lipinski definition) is 2.